The minimum Gasteiger partial charge on any atom is -0.508 e. The molecule has 11 amide bonds. The van der Waals surface area contributed by atoms with E-state index >= 15 is 0 Å². The Morgan fingerprint density at radius 1 is 0.750 bits per heavy atom. The van der Waals surface area contributed by atoms with E-state index in [1.807, 2.05) is 0 Å². The van der Waals surface area contributed by atoms with Crippen LogP contribution in [0.3, 0.4) is 0 Å². The molecule has 2 aliphatic rings. The highest BCUT2D eigenvalue weighted by Gasteiger charge is 2.40. The molecule has 0 aromatic heterocycles. The number of carbonyl (C=O) groups is 11. The summed E-state index contributed by atoms with van der Waals surface area (Å²) in [6, 6.07) is 5.59. The van der Waals surface area contributed by atoms with E-state index in [1.54, 1.807) is 56.3 Å². The van der Waals surface area contributed by atoms with Crippen molar-refractivity contribution < 1.29 is 57.8 Å². The van der Waals surface area contributed by atoms with Crippen molar-refractivity contribution >= 4 is 86.6 Å². The van der Waals surface area contributed by atoms with Crippen molar-refractivity contribution in [2.24, 2.45) is 23.1 Å². The van der Waals surface area contributed by atoms with Crippen LogP contribution < -0.4 is 59.7 Å². The van der Waals surface area contributed by atoms with Gasteiger partial charge in [-0.3, -0.25) is 52.7 Å². The molecule has 0 bridgehead atoms. The third-order valence-corrected chi connectivity index (χ3v) is 14.6. The Morgan fingerprint density at radius 2 is 1.37 bits per heavy atom. The van der Waals surface area contributed by atoms with Gasteiger partial charge in [-0.15, -0.1) is 0 Å². The number of carbonyl (C=O) groups excluding carboxylic acids is 11. The lowest BCUT2D eigenvalue weighted by Crippen LogP contribution is -2.61. The number of amides is 11. The number of primary amides is 2. The molecule has 7 atom stereocenters. The second-order valence-electron chi connectivity index (χ2n) is 18.9. The van der Waals surface area contributed by atoms with E-state index in [2.05, 4.69) is 42.5 Å². The number of hydrogen-bond donors (Lipinski definition) is 12. The molecule has 2 aliphatic heterocycles. The largest absolute Gasteiger partial charge is 0.508 e. The van der Waals surface area contributed by atoms with Crippen molar-refractivity contribution in [2.75, 3.05) is 37.7 Å². The van der Waals surface area contributed by atoms with Crippen molar-refractivity contribution in [3.63, 3.8) is 0 Å². The first-order valence-electron chi connectivity index (χ1n) is 25.2. The van der Waals surface area contributed by atoms with Gasteiger partial charge in [0.25, 0.3) is 0 Å². The van der Waals surface area contributed by atoms with Gasteiger partial charge in [-0.05, 0) is 67.7 Å². The monoisotopic (exact) mass is 1100 g/mol. The first-order chi connectivity index (χ1) is 36.2. The molecule has 4 rings (SSSR count). The molecule has 2 aromatic rings. The number of unbranched alkanes of at least 4 members (excludes halogenated alkanes) is 1. The van der Waals surface area contributed by atoms with Crippen LogP contribution in [0.1, 0.15) is 82.8 Å². The van der Waals surface area contributed by atoms with E-state index in [-0.39, 0.29) is 93.7 Å². The molecule has 2 aromatic carbocycles. The number of nitrogens with two attached hydrogens (primary N) is 3. The van der Waals surface area contributed by atoms with Crippen molar-refractivity contribution in [2.45, 2.75) is 127 Å². The van der Waals surface area contributed by atoms with E-state index in [0.29, 0.717) is 30.4 Å². The average molecular weight is 1100 g/mol. The second-order valence-corrected chi connectivity index (χ2v) is 21.5. The number of phenols is 1. The number of hydrogen-bond acceptors (Lipinski definition) is 15. The summed E-state index contributed by atoms with van der Waals surface area (Å²) in [7, 11) is 2.26. The molecule has 2 saturated heterocycles. The Balaban J connectivity index is 1.65. The van der Waals surface area contributed by atoms with Gasteiger partial charge in [0.15, 0.2) is 0 Å². The average Bonchev–Trinajstić information content (AvgIpc) is 3.87. The third kappa shape index (κ3) is 21.4. The maximum Gasteiger partial charge on any atom is 0.246 e. The molecule has 26 heteroatoms. The third-order valence-electron chi connectivity index (χ3n) is 12.2. The van der Waals surface area contributed by atoms with Crippen molar-refractivity contribution in [3.8, 4) is 5.75 Å². The van der Waals surface area contributed by atoms with E-state index < -0.39 is 114 Å². The number of rotatable bonds is 21. The fourth-order valence-electron chi connectivity index (χ4n) is 8.35. The summed E-state index contributed by atoms with van der Waals surface area (Å²) >= 11 is 0. The van der Waals surface area contributed by atoms with Gasteiger partial charge in [-0.1, -0.05) is 77.9 Å². The van der Waals surface area contributed by atoms with E-state index in [4.69, 9.17) is 17.2 Å². The second kappa shape index (κ2) is 31.8. The molecule has 0 radical (unpaired) electrons. The summed E-state index contributed by atoms with van der Waals surface area (Å²) < 4.78 is 0. The highest BCUT2D eigenvalue weighted by Crippen LogP contribution is 2.26. The highest BCUT2D eigenvalue weighted by molar-refractivity contribution is 8.76. The van der Waals surface area contributed by atoms with Crippen LogP contribution in [-0.4, -0.2) is 155 Å². The maximum absolute atomic E-state index is 14.6. The fourth-order valence-corrected chi connectivity index (χ4v) is 10.5. The first kappa shape index (κ1) is 61.6. The standard InChI is InChI=1S/C50H72N12O12S2/c1-29(2)23-34-45(69)60-37(26-40(52)64)48(72)61-38(50(74)62-21-8-12-39(62)49(73)57-33(44(68)55-27-41(53)65)11-6-7-20-54-42(66)17-19-51)28-76-75-22-18-43(67)56-35(25-31-13-15-32(63)16-14-31)46(70)59-36(47(71)58-34)24-30-9-4-3-5-10-30/h3-5,9-10,13-16,29,33-39,63H,6-8,11-12,17-28,51H2,1-2H3,(H2,52,64)(H2,53,65)(H,54,66)(H,55,68)(H,56,67)(H,57,73)(H,58,71)(H,59,70)(H,60,69)(H,61,72)/t33-,34-,35-,36-,37-,38-,39-/m0/s1. The van der Waals surface area contributed by atoms with Crippen LogP contribution >= 0.6 is 21.6 Å². The summed E-state index contributed by atoms with van der Waals surface area (Å²) in [5, 5.41) is 31.2. The topological polar surface area (TPSA) is 386 Å². The van der Waals surface area contributed by atoms with Gasteiger partial charge in [0.05, 0.1) is 13.0 Å². The molecule has 416 valence electrons. The zero-order valence-corrected chi connectivity index (χ0v) is 44.4. The Morgan fingerprint density at radius 3 is 2.01 bits per heavy atom. The molecule has 76 heavy (non-hydrogen) atoms. The van der Waals surface area contributed by atoms with Crippen LogP contribution in [0.25, 0.3) is 0 Å². The van der Waals surface area contributed by atoms with Gasteiger partial charge in [0, 0.05) is 56.8 Å². The van der Waals surface area contributed by atoms with Crippen LogP contribution in [0.5, 0.6) is 5.75 Å². The van der Waals surface area contributed by atoms with Gasteiger partial charge in [0.1, 0.15) is 48.0 Å². The first-order valence-corrected chi connectivity index (χ1v) is 27.7. The lowest BCUT2D eigenvalue weighted by atomic mass is 9.99. The molecular formula is C50H72N12O12S2. The predicted octanol–water partition coefficient (Wildman–Crippen LogP) is -1.98. The number of aromatic hydroxyl groups is 1. The number of benzene rings is 2. The molecule has 0 saturated carbocycles. The zero-order valence-electron chi connectivity index (χ0n) is 42.8. The highest BCUT2D eigenvalue weighted by atomic mass is 33.1. The van der Waals surface area contributed by atoms with Gasteiger partial charge in [0.2, 0.25) is 65.0 Å². The van der Waals surface area contributed by atoms with Crippen molar-refractivity contribution in [3.05, 3.63) is 65.7 Å². The van der Waals surface area contributed by atoms with E-state index in [1.165, 1.54) is 17.0 Å². The van der Waals surface area contributed by atoms with E-state index in [9.17, 15) is 57.8 Å². The molecule has 15 N–H and O–H groups in total. The molecule has 24 nitrogen and oxygen atoms in total. The molecule has 2 heterocycles. The Bertz CT molecular complexity index is 2350. The smallest absolute Gasteiger partial charge is 0.246 e. The molecular weight excluding hydrogens is 1020 g/mol. The predicted molar refractivity (Wildman–Crippen MR) is 284 cm³/mol. The summed E-state index contributed by atoms with van der Waals surface area (Å²) in [6.07, 6.45) is 0.654. The molecule has 0 unspecified atom stereocenters. The van der Waals surface area contributed by atoms with Crippen LogP contribution in [0.15, 0.2) is 54.6 Å². The Kier molecular flexibility index (Phi) is 25.8. The quantitative estimate of drug-likeness (QED) is 0.0476. The normalized spacial score (nSPS) is 21.6. The van der Waals surface area contributed by atoms with Crippen molar-refractivity contribution in [1.82, 2.24) is 47.4 Å². The summed E-state index contributed by atoms with van der Waals surface area (Å²) in [4.78, 5) is 150. The molecule has 0 aliphatic carbocycles. The fraction of sp³-hybridized carbons (Fsp3) is 0.540. The van der Waals surface area contributed by atoms with Gasteiger partial charge < -0.3 is 69.7 Å². The summed E-state index contributed by atoms with van der Waals surface area (Å²) in [5.41, 5.74) is 17.5. The maximum atomic E-state index is 14.6. The summed E-state index contributed by atoms with van der Waals surface area (Å²) in [5.74, 6) is -8.31. The minimum atomic E-state index is -1.66. The molecule has 2 fully saturated rings. The SMILES string of the molecule is CC(C)C[C@@H]1NC(=O)[C@H](Cc2ccccc2)NC(=O)[C@H](Cc2ccc(O)cc2)NC(=O)CCSSC[C@@H](C(=O)N2CCC[C@H]2C(=O)N[C@@H](CCCCNC(=O)CCN)C(=O)NCC(N)=O)NC(=O)[C@H](CC(N)=O)NC1=O. The van der Waals surface area contributed by atoms with Crippen molar-refractivity contribution in [1.29, 1.82) is 0 Å². The number of nitrogens with one attached hydrogen (secondary N) is 8. The summed E-state index contributed by atoms with van der Waals surface area (Å²) in [6.45, 7) is 3.58. The number of phenolic OH excluding ortho intramolecular Hbond substituents is 1. The van der Waals surface area contributed by atoms with Crippen LogP contribution in [-0.2, 0) is 65.6 Å². The van der Waals surface area contributed by atoms with Gasteiger partial charge in [-0.25, -0.2) is 0 Å². The Hall–Kier alpha value is -6.93. The molecule has 0 spiro atoms. The van der Waals surface area contributed by atoms with Crippen LogP contribution in [0, 0.1) is 5.92 Å². The number of likely N-dealkylation sites (tertiary alicyclic amines) is 1. The lowest BCUT2D eigenvalue weighted by molar-refractivity contribution is -0.142. The van der Waals surface area contributed by atoms with Gasteiger partial charge in [-0.2, -0.15) is 0 Å². The number of nitrogens with zero attached hydrogens (tertiary/aromatic N) is 1. The van der Waals surface area contributed by atoms with E-state index in [0.717, 1.165) is 21.6 Å². The van der Waals surface area contributed by atoms with Crippen LogP contribution in [0.2, 0.25) is 0 Å². The van der Waals surface area contributed by atoms with Gasteiger partial charge >= 0.3 is 0 Å². The minimum absolute atomic E-state index is 0.0154. The Labute approximate surface area is 449 Å². The van der Waals surface area contributed by atoms with Crippen LogP contribution in [0.4, 0.5) is 0 Å². The zero-order chi connectivity index (χ0) is 55.7. The lowest BCUT2D eigenvalue weighted by Gasteiger charge is -2.31.